The van der Waals surface area contributed by atoms with E-state index in [4.69, 9.17) is 0 Å². The minimum atomic E-state index is 0.0284. The van der Waals surface area contributed by atoms with Crippen molar-refractivity contribution >= 4 is 21.8 Å². The number of amides is 1. The number of halogens is 1. The Hall–Kier alpha value is -0.940. The molecule has 1 aromatic rings. The summed E-state index contributed by atoms with van der Waals surface area (Å²) < 4.78 is 0.889. The summed E-state index contributed by atoms with van der Waals surface area (Å²) in [5.74, 6) is 0.0284. The van der Waals surface area contributed by atoms with E-state index in [-0.39, 0.29) is 11.4 Å². The van der Waals surface area contributed by atoms with Gasteiger partial charge in [-0.3, -0.25) is 4.79 Å². The number of piperidine rings is 1. The van der Waals surface area contributed by atoms with Crippen LogP contribution in [0.2, 0.25) is 0 Å². The van der Waals surface area contributed by atoms with Gasteiger partial charge in [-0.05, 0) is 54.9 Å². The monoisotopic (exact) mass is 311 g/mol. The van der Waals surface area contributed by atoms with Crippen LogP contribution >= 0.6 is 15.9 Å². The minimum Gasteiger partial charge on any atom is -0.337 e. The Kier molecular flexibility index (Phi) is 4.02. The van der Waals surface area contributed by atoms with Crippen LogP contribution in [0.5, 0.6) is 0 Å². The minimum absolute atomic E-state index is 0.0284. The molecule has 18 heavy (non-hydrogen) atoms. The number of nitrogens with zero attached hydrogens (tertiary/aromatic N) is 2. The molecule has 2 rings (SSSR count). The van der Waals surface area contributed by atoms with Gasteiger partial charge in [0.25, 0.3) is 5.91 Å². The average Bonchev–Trinajstić information content (AvgIpc) is 2.40. The van der Waals surface area contributed by atoms with Crippen molar-refractivity contribution in [3.05, 3.63) is 28.5 Å². The lowest BCUT2D eigenvalue weighted by atomic mass is 9.90. The lowest BCUT2D eigenvalue weighted by molar-refractivity contribution is 0.0656. The van der Waals surface area contributed by atoms with Gasteiger partial charge < -0.3 is 10.2 Å². The highest BCUT2D eigenvalue weighted by Crippen LogP contribution is 2.22. The molecule has 1 amide bonds. The third kappa shape index (κ3) is 2.90. The Morgan fingerprint density at radius 3 is 2.61 bits per heavy atom. The molecule has 1 N–H and O–H groups in total. The molecule has 0 radical (unpaired) electrons. The average molecular weight is 312 g/mol. The van der Waals surface area contributed by atoms with E-state index >= 15 is 0 Å². The van der Waals surface area contributed by atoms with Gasteiger partial charge in [-0.25, -0.2) is 4.98 Å². The Morgan fingerprint density at radius 1 is 1.44 bits per heavy atom. The Bertz CT molecular complexity index is 424. The third-order valence-corrected chi connectivity index (χ3v) is 4.17. The smallest absolute Gasteiger partial charge is 0.272 e. The molecule has 1 saturated heterocycles. The molecule has 0 unspecified atom stereocenters. The Labute approximate surface area is 116 Å². The molecular formula is C13H18BrN3O. The largest absolute Gasteiger partial charge is 0.337 e. The van der Waals surface area contributed by atoms with Gasteiger partial charge in [0.15, 0.2) is 0 Å². The highest BCUT2D eigenvalue weighted by molar-refractivity contribution is 9.10. The number of carbonyl (C=O) groups excluding carboxylic acids is 1. The maximum Gasteiger partial charge on any atom is 0.272 e. The molecule has 0 aliphatic carbocycles. The first-order valence-corrected chi connectivity index (χ1v) is 6.93. The quantitative estimate of drug-likeness (QED) is 0.909. The normalized spacial score (nSPS) is 18.7. The number of hydrogen-bond donors (Lipinski definition) is 1. The lowest BCUT2D eigenvalue weighted by Gasteiger charge is -2.39. The van der Waals surface area contributed by atoms with Crippen molar-refractivity contribution in [3.63, 3.8) is 0 Å². The molecule has 0 bridgehead atoms. The summed E-state index contributed by atoms with van der Waals surface area (Å²) in [5.41, 5.74) is 0.676. The predicted molar refractivity (Wildman–Crippen MR) is 74.5 cm³/mol. The second-order valence-electron chi connectivity index (χ2n) is 4.96. The van der Waals surface area contributed by atoms with Crippen molar-refractivity contribution in [3.8, 4) is 0 Å². The van der Waals surface area contributed by atoms with E-state index in [9.17, 15) is 4.79 Å². The van der Waals surface area contributed by atoms with Gasteiger partial charge in [-0.15, -0.1) is 0 Å². The van der Waals surface area contributed by atoms with Crippen LogP contribution in [-0.4, -0.2) is 41.5 Å². The summed E-state index contributed by atoms with van der Waals surface area (Å²) >= 11 is 3.32. The second kappa shape index (κ2) is 5.36. The highest BCUT2D eigenvalue weighted by atomic mass is 79.9. The van der Waals surface area contributed by atoms with Crippen molar-refractivity contribution in [1.82, 2.24) is 15.2 Å². The standard InChI is InChI=1S/C13H18BrN3O/c1-13(15-2)5-7-17(8-6-13)12(18)11-4-3-10(14)9-16-11/h3-4,9,15H,5-8H2,1-2H3. The maximum absolute atomic E-state index is 12.2. The number of hydrogen-bond acceptors (Lipinski definition) is 3. The molecule has 2 heterocycles. The number of pyridine rings is 1. The van der Waals surface area contributed by atoms with Crippen LogP contribution in [0.3, 0.4) is 0 Å². The molecular weight excluding hydrogens is 294 g/mol. The molecule has 0 aromatic carbocycles. The predicted octanol–water partition coefficient (Wildman–Crippen LogP) is 2.06. The van der Waals surface area contributed by atoms with Crippen LogP contribution in [0.4, 0.5) is 0 Å². The zero-order chi connectivity index (χ0) is 13.2. The van der Waals surface area contributed by atoms with E-state index in [1.54, 1.807) is 12.3 Å². The maximum atomic E-state index is 12.2. The summed E-state index contributed by atoms with van der Waals surface area (Å²) in [4.78, 5) is 18.3. The fraction of sp³-hybridized carbons (Fsp3) is 0.538. The first kappa shape index (κ1) is 13.5. The summed E-state index contributed by atoms with van der Waals surface area (Å²) in [6.45, 7) is 3.77. The summed E-state index contributed by atoms with van der Waals surface area (Å²) in [5, 5.41) is 3.33. The molecule has 0 saturated carbocycles. The van der Waals surface area contributed by atoms with Crippen molar-refractivity contribution < 1.29 is 4.79 Å². The molecule has 1 aromatic heterocycles. The fourth-order valence-electron chi connectivity index (χ4n) is 2.12. The summed E-state index contributed by atoms with van der Waals surface area (Å²) in [6, 6.07) is 3.61. The molecule has 1 aliphatic heterocycles. The van der Waals surface area contributed by atoms with Crippen molar-refractivity contribution in [1.29, 1.82) is 0 Å². The number of nitrogens with one attached hydrogen (secondary N) is 1. The van der Waals surface area contributed by atoms with E-state index in [0.717, 1.165) is 30.4 Å². The van der Waals surface area contributed by atoms with Crippen molar-refractivity contribution in [2.75, 3.05) is 20.1 Å². The zero-order valence-electron chi connectivity index (χ0n) is 10.7. The van der Waals surface area contributed by atoms with Crippen LogP contribution < -0.4 is 5.32 Å². The Balaban J connectivity index is 2.01. The van der Waals surface area contributed by atoms with Gasteiger partial charge >= 0.3 is 0 Å². The molecule has 0 atom stereocenters. The summed E-state index contributed by atoms with van der Waals surface area (Å²) in [7, 11) is 1.98. The molecule has 4 nitrogen and oxygen atoms in total. The first-order chi connectivity index (χ1) is 8.54. The molecule has 0 spiro atoms. The third-order valence-electron chi connectivity index (χ3n) is 3.70. The summed E-state index contributed by atoms with van der Waals surface area (Å²) in [6.07, 6.45) is 3.62. The van der Waals surface area contributed by atoms with Gasteiger partial charge in [0.1, 0.15) is 5.69 Å². The van der Waals surface area contributed by atoms with Gasteiger partial charge in [-0.2, -0.15) is 0 Å². The lowest BCUT2D eigenvalue weighted by Crippen LogP contribution is -2.51. The van der Waals surface area contributed by atoms with E-state index in [2.05, 4.69) is 33.2 Å². The van der Waals surface area contributed by atoms with Crippen molar-refractivity contribution in [2.24, 2.45) is 0 Å². The number of rotatable bonds is 2. The van der Waals surface area contributed by atoms with Crippen LogP contribution in [0, 0.1) is 0 Å². The molecule has 1 aliphatic rings. The highest BCUT2D eigenvalue weighted by Gasteiger charge is 2.30. The molecule has 1 fully saturated rings. The second-order valence-corrected chi connectivity index (χ2v) is 5.88. The van der Waals surface area contributed by atoms with E-state index in [1.165, 1.54) is 0 Å². The van der Waals surface area contributed by atoms with Gasteiger partial charge in [-0.1, -0.05) is 0 Å². The van der Waals surface area contributed by atoms with Crippen LogP contribution in [0.15, 0.2) is 22.8 Å². The van der Waals surface area contributed by atoms with Crippen LogP contribution in [0.25, 0.3) is 0 Å². The number of carbonyl (C=O) groups is 1. The topological polar surface area (TPSA) is 45.2 Å². The van der Waals surface area contributed by atoms with E-state index in [0.29, 0.717) is 5.69 Å². The van der Waals surface area contributed by atoms with Crippen LogP contribution in [-0.2, 0) is 0 Å². The van der Waals surface area contributed by atoms with Gasteiger partial charge in [0.05, 0.1) is 0 Å². The first-order valence-electron chi connectivity index (χ1n) is 6.14. The number of aromatic nitrogens is 1. The SMILES string of the molecule is CNC1(C)CCN(C(=O)c2ccc(Br)cn2)CC1. The zero-order valence-corrected chi connectivity index (χ0v) is 12.3. The molecule has 98 valence electrons. The van der Waals surface area contributed by atoms with Crippen LogP contribution in [0.1, 0.15) is 30.3 Å². The fourth-order valence-corrected chi connectivity index (χ4v) is 2.35. The Morgan fingerprint density at radius 2 is 2.11 bits per heavy atom. The van der Waals surface area contributed by atoms with Gasteiger partial charge in [0.2, 0.25) is 0 Å². The van der Waals surface area contributed by atoms with Crippen molar-refractivity contribution in [2.45, 2.75) is 25.3 Å². The van der Waals surface area contributed by atoms with E-state index in [1.807, 2.05) is 18.0 Å². The number of likely N-dealkylation sites (tertiary alicyclic amines) is 1. The van der Waals surface area contributed by atoms with Gasteiger partial charge in [0, 0.05) is 29.3 Å². The molecule has 5 heteroatoms. The van der Waals surface area contributed by atoms with E-state index < -0.39 is 0 Å².